The number of benzene rings is 2. The largest absolute Gasteiger partial charge is 0.467 e. The van der Waals surface area contributed by atoms with Crippen LogP contribution in [0, 0.1) is 11.3 Å². The van der Waals surface area contributed by atoms with E-state index in [1.54, 1.807) is 29.2 Å². The molecule has 0 saturated carbocycles. The van der Waals surface area contributed by atoms with E-state index in [2.05, 4.69) is 24.4 Å². The molecule has 170 valence electrons. The van der Waals surface area contributed by atoms with Crippen molar-refractivity contribution in [3.63, 3.8) is 0 Å². The lowest BCUT2D eigenvalue weighted by atomic mass is 10.1. The van der Waals surface area contributed by atoms with Gasteiger partial charge in [-0.2, -0.15) is 10.4 Å². The molecule has 0 bridgehead atoms. The number of rotatable bonds is 9. The smallest absolute Gasteiger partial charge is 0.262 e. The molecule has 4 rings (SSSR count). The highest BCUT2D eigenvalue weighted by molar-refractivity contribution is 7.99. The van der Waals surface area contributed by atoms with Crippen molar-refractivity contribution in [3.05, 3.63) is 96.1 Å². The molecule has 1 N–H and O–H groups in total. The Morgan fingerprint density at radius 3 is 2.62 bits per heavy atom. The average molecular weight is 469 g/mol. The normalized spacial score (nSPS) is 11.2. The number of furan rings is 1. The summed E-state index contributed by atoms with van der Waals surface area (Å²) in [5.41, 5.74) is 3.18. The van der Waals surface area contributed by atoms with E-state index >= 15 is 0 Å². The molecule has 2 aromatic carbocycles. The zero-order chi connectivity index (χ0) is 23.8. The highest BCUT2D eigenvalue weighted by atomic mass is 32.2. The molecule has 0 aliphatic carbocycles. The lowest BCUT2D eigenvalue weighted by Gasteiger charge is -2.04. The minimum absolute atomic E-state index is 0.00413. The molecule has 4 aromatic rings. The summed E-state index contributed by atoms with van der Waals surface area (Å²) in [6.45, 7) is 2.37. The van der Waals surface area contributed by atoms with E-state index < -0.39 is 5.91 Å². The maximum absolute atomic E-state index is 12.7. The molecule has 1 amide bonds. The number of nitrogens with one attached hydrogen (secondary N) is 1. The van der Waals surface area contributed by atoms with Crippen LogP contribution in [0.25, 0.3) is 23.0 Å². The van der Waals surface area contributed by atoms with E-state index in [0.717, 1.165) is 23.4 Å². The Morgan fingerprint density at radius 2 is 1.94 bits per heavy atom. The quantitative estimate of drug-likeness (QED) is 0.189. The topological polar surface area (TPSA) is 83.8 Å². The van der Waals surface area contributed by atoms with Gasteiger partial charge >= 0.3 is 0 Å². The molecule has 0 fully saturated rings. The van der Waals surface area contributed by atoms with Crippen LogP contribution in [0.2, 0.25) is 0 Å². The summed E-state index contributed by atoms with van der Waals surface area (Å²) in [5, 5.41) is 17.2. The zero-order valence-electron chi connectivity index (χ0n) is 18.8. The summed E-state index contributed by atoms with van der Waals surface area (Å²) in [4.78, 5) is 13.9. The average Bonchev–Trinajstić information content (AvgIpc) is 3.56. The Balaban J connectivity index is 1.67. The van der Waals surface area contributed by atoms with Crippen LogP contribution < -0.4 is 5.32 Å². The number of hydrogen-bond donors (Lipinski definition) is 1. The van der Waals surface area contributed by atoms with Gasteiger partial charge in [0.05, 0.1) is 24.2 Å². The number of nitriles is 1. The van der Waals surface area contributed by atoms with E-state index in [4.69, 9.17) is 9.52 Å². The van der Waals surface area contributed by atoms with Crippen molar-refractivity contribution < 1.29 is 9.21 Å². The second-order valence-corrected chi connectivity index (χ2v) is 8.69. The number of carbonyl (C=O) groups excluding carboxylic acids is 1. The van der Waals surface area contributed by atoms with Gasteiger partial charge in [0.2, 0.25) is 0 Å². The van der Waals surface area contributed by atoms with Gasteiger partial charge in [-0.05, 0) is 54.6 Å². The van der Waals surface area contributed by atoms with Crippen LogP contribution in [0.15, 0.2) is 94.1 Å². The van der Waals surface area contributed by atoms with Crippen LogP contribution in [0.3, 0.4) is 0 Å². The number of hydrogen-bond acceptors (Lipinski definition) is 5. The maximum Gasteiger partial charge on any atom is 0.262 e. The van der Waals surface area contributed by atoms with E-state index in [1.807, 2.05) is 66.5 Å². The van der Waals surface area contributed by atoms with Crippen molar-refractivity contribution in [1.29, 1.82) is 5.26 Å². The van der Waals surface area contributed by atoms with Gasteiger partial charge in [-0.3, -0.25) is 4.79 Å². The summed E-state index contributed by atoms with van der Waals surface area (Å²) >= 11 is 1.81. The van der Waals surface area contributed by atoms with Crippen LogP contribution in [0.5, 0.6) is 0 Å². The Hall–Kier alpha value is -4.02. The Bertz CT molecular complexity index is 1300. The van der Waals surface area contributed by atoms with Crippen LogP contribution >= 0.6 is 11.8 Å². The van der Waals surface area contributed by atoms with Crippen molar-refractivity contribution >= 4 is 23.7 Å². The lowest BCUT2D eigenvalue weighted by molar-refractivity contribution is -0.117. The van der Waals surface area contributed by atoms with Crippen LogP contribution in [-0.4, -0.2) is 21.4 Å². The summed E-state index contributed by atoms with van der Waals surface area (Å²) < 4.78 is 7.01. The van der Waals surface area contributed by atoms with Crippen LogP contribution in [0.4, 0.5) is 0 Å². The van der Waals surface area contributed by atoms with Gasteiger partial charge in [-0.1, -0.05) is 37.3 Å². The molecular formula is C27H24N4O2S. The van der Waals surface area contributed by atoms with E-state index in [9.17, 15) is 10.1 Å². The highest BCUT2D eigenvalue weighted by Gasteiger charge is 2.15. The molecule has 0 radical (unpaired) electrons. The first-order valence-corrected chi connectivity index (χ1v) is 12.0. The lowest BCUT2D eigenvalue weighted by Crippen LogP contribution is -2.23. The van der Waals surface area contributed by atoms with E-state index in [-0.39, 0.29) is 12.1 Å². The molecule has 7 heteroatoms. The number of nitrogens with zero attached hydrogens (tertiary/aromatic N) is 3. The van der Waals surface area contributed by atoms with Crippen molar-refractivity contribution in [1.82, 2.24) is 15.1 Å². The standard InChI is InChI=1S/C27H24N4O2S/c1-2-15-34-25-12-10-20(11-13-25)26-22(19-31(30-26)23-7-4-3-5-8-23)16-21(17-28)27(32)29-18-24-9-6-14-33-24/h3-14,16,19H,2,15,18H2,1H3,(H,29,32)/b21-16-. The van der Waals surface area contributed by atoms with Gasteiger partial charge in [0.15, 0.2) is 0 Å². The molecule has 0 unspecified atom stereocenters. The van der Waals surface area contributed by atoms with Gasteiger partial charge in [0.1, 0.15) is 17.4 Å². The second kappa shape index (κ2) is 11.2. The highest BCUT2D eigenvalue weighted by Crippen LogP contribution is 2.28. The Kier molecular flexibility index (Phi) is 7.63. The van der Waals surface area contributed by atoms with Gasteiger partial charge in [-0.15, -0.1) is 11.8 Å². The number of carbonyl (C=O) groups is 1. The fourth-order valence-corrected chi connectivity index (χ4v) is 4.11. The minimum Gasteiger partial charge on any atom is -0.467 e. The van der Waals surface area contributed by atoms with Gasteiger partial charge in [0, 0.05) is 22.2 Å². The van der Waals surface area contributed by atoms with E-state index in [0.29, 0.717) is 17.0 Å². The van der Waals surface area contributed by atoms with Gasteiger partial charge in [0.25, 0.3) is 5.91 Å². The summed E-state index contributed by atoms with van der Waals surface area (Å²) in [5.74, 6) is 1.21. The molecule has 6 nitrogen and oxygen atoms in total. The summed E-state index contributed by atoms with van der Waals surface area (Å²) in [6, 6.07) is 23.5. The van der Waals surface area contributed by atoms with Gasteiger partial charge < -0.3 is 9.73 Å². The fraction of sp³-hybridized carbons (Fsp3) is 0.148. The molecule has 0 atom stereocenters. The number of aromatic nitrogens is 2. The van der Waals surface area contributed by atoms with Gasteiger partial charge in [-0.25, -0.2) is 4.68 Å². The third-order valence-corrected chi connectivity index (χ3v) is 6.25. The molecule has 0 aliphatic heterocycles. The number of amides is 1. The molecule has 0 spiro atoms. The van der Waals surface area contributed by atoms with E-state index in [1.165, 1.54) is 4.90 Å². The first-order valence-electron chi connectivity index (χ1n) is 11.0. The monoisotopic (exact) mass is 468 g/mol. The van der Waals surface area contributed by atoms with Crippen molar-refractivity contribution in [3.8, 4) is 23.0 Å². The molecule has 0 aliphatic rings. The predicted molar refractivity (Wildman–Crippen MR) is 134 cm³/mol. The Labute approximate surface area is 202 Å². The first kappa shape index (κ1) is 23.1. The number of thioether (sulfide) groups is 1. The second-order valence-electron chi connectivity index (χ2n) is 7.52. The van der Waals surface area contributed by atoms with Crippen molar-refractivity contribution in [2.24, 2.45) is 0 Å². The zero-order valence-corrected chi connectivity index (χ0v) is 19.6. The molecule has 2 aromatic heterocycles. The summed E-state index contributed by atoms with van der Waals surface area (Å²) in [6.07, 6.45) is 6.07. The number of para-hydroxylation sites is 1. The Morgan fingerprint density at radius 1 is 1.15 bits per heavy atom. The third kappa shape index (κ3) is 5.66. The van der Waals surface area contributed by atoms with Crippen molar-refractivity contribution in [2.45, 2.75) is 24.8 Å². The van der Waals surface area contributed by atoms with Crippen LogP contribution in [0.1, 0.15) is 24.7 Å². The van der Waals surface area contributed by atoms with Crippen LogP contribution in [-0.2, 0) is 11.3 Å². The third-order valence-electron chi connectivity index (χ3n) is 5.03. The fourth-order valence-electron chi connectivity index (χ4n) is 3.34. The molecular weight excluding hydrogens is 444 g/mol. The van der Waals surface area contributed by atoms with Crippen molar-refractivity contribution in [2.75, 3.05) is 5.75 Å². The first-order chi connectivity index (χ1) is 16.7. The predicted octanol–water partition coefficient (Wildman–Crippen LogP) is 5.86. The SMILES string of the molecule is CCCSc1ccc(-c2nn(-c3ccccc3)cc2/C=C(/C#N)C(=O)NCc2ccco2)cc1. The molecule has 0 saturated heterocycles. The molecule has 34 heavy (non-hydrogen) atoms. The molecule has 2 heterocycles. The maximum atomic E-state index is 12.7. The minimum atomic E-state index is -0.469. The summed E-state index contributed by atoms with van der Waals surface area (Å²) in [7, 11) is 0.